The number of rotatable bonds is 6. The second-order valence-electron chi connectivity index (χ2n) is 6.14. The van der Waals surface area contributed by atoms with Gasteiger partial charge >= 0.3 is 6.36 Å². The van der Waals surface area contributed by atoms with Gasteiger partial charge in [0.15, 0.2) is 0 Å². The Morgan fingerprint density at radius 3 is 2.46 bits per heavy atom. The van der Waals surface area contributed by atoms with E-state index in [9.17, 15) is 22.8 Å². The molecule has 2 amide bonds. The summed E-state index contributed by atoms with van der Waals surface area (Å²) in [6.45, 7) is 0.565. The molecule has 1 saturated heterocycles. The van der Waals surface area contributed by atoms with Gasteiger partial charge in [-0.25, -0.2) is 0 Å². The highest BCUT2D eigenvalue weighted by Crippen LogP contribution is 2.29. The maximum atomic E-state index is 12.2. The van der Waals surface area contributed by atoms with E-state index in [4.69, 9.17) is 0 Å². The first-order chi connectivity index (χ1) is 13.3. The molecule has 0 aliphatic carbocycles. The van der Waals surface area contributed by atoms with Gasteiger partial charge in [-0.05, 0) is 42.8 Å². The molecule has 148 valence electrons. The highest BCUT2D eigenvalue weighted by Gasteiger charge is 2.31. The van der Waals surface area contributed by atoms with E-state index in [2.05, 4.69) is 15.4 Å². The average Bonchev–Trinajstić information content (AvgIpc) is 3.06. The van der Waals surface area contributed by atoms with Crippen molar-refractivity contribution in [2.24, 2.45) is 0 Å². The molecule has 0 saturated carbocycles. The van der Waals surface area contributed by atoms with Crippen LogP contribution in [0.5, 0.6) is 5.75 Å². The van der Waals surface area contributed by atoms with Crippen LogP contribution in [0, 0.1) is 0 Å². The quantitative estimate of drug-likeness (QED) is 0.784. The standard InChI is InChI=1S/C19H18F3N3O3/c20-19(21,22)28-14-9-7-13(8-10-14)24-17(26)12-23-15-4-1-2-5-16(15)25-11-3-6-18(25)27/h1-2,4-5,7-10,23H,3,6,11-12H2,(H,24,26). The largest absolute Gasteiger partial charge is 0.573 e. The number of anilines is 3. The SMILES string of the molecule is O=C(CNc1ccccc1N1CCCC1=O)Nc1ccc(OC(F)(F)F)cc1. The summed E-state index contributed by atoms with van der Waals surface area (Å²) in [6.07, 6.45) is -3.47. The molecule has 1 heterocycles. The Hall–Kier alpha value is -3.23. The van der Waals surface area contributed by atoms with E-state index in [0.29, 0.717) is 30.0 Å². The Bertz CT molecular complexity index is 853. The zero-order chi connectivity index (χ0) is 20.1. The first kappa shape index (κ1) is 19.5. The van der Waals surface area contributed by atoms with Crippen molar-refractivity contribution >= 4 is 28.9 Å². The predicted octanol–water partition coefficient (Wildman–Crippen LogP) is 3.76. The lowest BCUT2D eigenvalue weighted by molar-refractivity contribution is -0.274. The molecule has 3 rings (SSSR count). The van der Waals surface area contributed by atoms with Crippen molar-refractivity contribution in [1.82, 2.24) is 0 Å². The number of benzene rings is 2. The highest BCUT2D eigenvalue weighted by atomic mass is 19.4. The molecule has 2 aromatic carbocycles. The van der Waals surface area contributed by atoms with Gasteiger partial charge in [-0.2, -0.15) is 0 Å². The summed E-state index contributed by atoms with van der Waals surface area (Å²) in [4.78, 5) is 25.8. The van der Waals surface area contributed by atoms with E-state index in [1.807, 2.05) is 12.1 Å². The molecule has 1 aliphatic rings. The molecule has 0 spiro atoms. The van der Waals surface area contributed by atoms with Crippen LogP contribution in [0.2, 0.25) is 0 Å². The van der Waals surface area contributed by atoms with Gasteiger partial charge in [-0.15, -0.1) is 13.2 Å². The third-order valence-corrected chi connectivity index (χ3v) is 4.08. The van der Waals surface area contributed by atoms with E-state index < -0.39 is 6.36 Å². The molecular formula is C19H18F3N3O3. The van der Waals surface area contributed by atoms with Crippen LogP contribution in [0.1, 0.15) is 12.8 Å². The Kier molecular flexibility index (Phi) is 5.72. The summed E-state index contributed by atoms with van der Waals surface area (Å²) in [6, 6.07) is 12.1. The van der Waals surface area contributed by atoms with E-state index in [-0.39, 0.29) is 24.1 Å². The monoisotopic (exact) mass is 393 g/mol. The maximum Gasteiger partial charge on any atom is 0.573 e. The van der Waals surface area contributed by atoms with Crippen molar-refractivity contribution in [2.45, 2.75) is 19.2 Å². The topological polar surface area (TPSA) is 70.7 Å². The minimum atomic E-state index is -4.77. The molecule has 0 unspecified atom stereocenters. The first-order valence-corrected chi connectivity index (χ1v) is 8.61. The number of halogens is 3. The Balaban J connectivity index is 1.57. The second kappa shape index (κ2) is 8.20. The van der Waals surface area contributed by atoms with E-state index in [1.165, 1.54) is 12.1 Å². The molecule has 0 bridgehead atoms. The summed E-state index contributed by atoms with van der Waals surface area (Å²) < 4.78 is 40.3. The molecule has 1 fully saturated rings. The molecule has 1 aliphatic heterocycles. The van der Waals surface area contributed by atoms with Gasteiger partial charge < -0.3 is 20.3 Å². The number of amides is 2. The smallest absolute Gasteiger partial charge is 0.406 e. The van der Waals surface area contributed by atoms with Crippen molar-refractivity contribution < 1.29 is 27.5 Å². The predicted molar refractivity (Wildman–Crippen MR) is 98.3 cm³/mol. The number of nitrogens with one attached hydrogen (secondary N) is 2. The molecule has 0 atom stereocenters. The van der Waals surface area contributed by atoms with Gasteiger partial charge in [0, 0.05) is 18.7 Å². The van der Waals surface area contributed by atoms with Crippen molar-refractivity contribution in [1.29, 1.82) is 0 Å². The zero-order valence-electron chi connectivity index (χ0n) is 14.8. The summed E-state index contributed by atoms with van der Waals surface area (Å²) in [5.74, 6) is -0.709. The minimum Gasteiger partial charge on any atom is -0.406 e. The van der Waals surface area contributed by atoms with Gasteiger partial charge in [0.25, 0.3) is 0 Å². The number of hydrogen-bond donors (Lipinski definition) is 2. The number of nitrogens with zero attached hydrogens (tertiary/aromatic N) is 1. The molecule has 0 radical (unpaired) electrons. The lowest BCUT2D eigenvalue weighted by Gasteiger charge is -2.20. The van der Waals surface area contributed by atoms with Crippen LogP contribution in [0.15, 0.2) is 48.5 Å². The fourth-order valence-electron chi connectivity index (χ4n) is 2.88. The lowest BCUT2D eigenvalue weighted by Crippen LogP contribution is -2.26. The molecule has 2 N–H and O–H groups in total. The molecule has 2 aromatic rings. The third kappa shape index (κ3) is 5.15. The number of para-hydroxylation sites is 2. The van der Waals surface area contributed by atoms with Crippen molar-refractivity contribution in [3.63, 3.8) is 0 Å². The number of hydrogen-bond acceptors (Lipinski definition) is 4. The van der Waals surface area contributed by atoms with Crippen molar-refractivity contribution in [2.75, 3.05) is 28.6 Å². The summed E-state index contributed by atoms with van der Waals surface area (Å²) >= 11 is 0. The third-order valence-electron chi connectivity index (χ3n) is 4.08. The highest BCUT2D eigenvalue weighted by molar-refractivity contribution is 5.99. The van der Waals surface area contributed by atoms with Crippen LogP contribution in [-0.2, 0) is 9.59 Å². The average molecular weight is 393 g/mol. The Morgan fingerprint density at radius 1 is 1.11 bits per heavy atom. The fraction of sp³-hybridized carbons (Fsp3) is 0.263. The van der Waals surface area contributed by atoms with Crippen LogP contribution in [0.3, 0.4) is 0 Å². The minimum absolute atomic E-state index is 0.0415. The van der Waals surface area contributed by atoms with Gasteiger partial charge in [-0.3, -0.25) is 9.59 Å². The van der Waals surface area contributed by atoms with Gasteiger partial charge in [0.2, 0.25) is 11.8 Å². The van der Waals surface area contributed by atoms with Gasteiger partial charge in [-0.1, -0.05) is 12.1 Å². The summed E-state index contributed by atoms with van der Waals surface area (Å²) in [7, 11) is 0. The Labute approximate surface area is 159 Å². The van der Waals surface area contributed by atoms with E-state index in [0.717, 1.165) is 18.6 Å². The second-order valence-corrected chi connectivity index (χ2v) is 6.14. The fourth-order valence-corrected chi connectivity index (χ4v) is 2.88. The summed E-state index contributed by atoms with van der Waals surface area (Å²) in [5, 5.41) is 5.58. The first-order valence-electron chi connectivity index (χ1n) is 8.61. The number of carbonyl (C=O) groups is 2. The van der Waals surface area contributed by atoms with E-state index in [1.54, 1.807) is 17.0 Å². The molecule has 28 heavy (non-hydrogen) atoms. The van der Waals surface area contributed by atoms with Crippen LogP contribution in [0.25, 0.3) is 0 Å². The normalized spacial score (nSPS) is 14.1. The van der Waals surface area contributed by atoms with Gasteiger partial charge in [0.1, 0.15) is 5.75 Å². The number of carbonyl (C=O) groups excluding carboxylic acids is 2. The number of ether oxygens (including phenoxy) is 1. The molecule has 9 heteroatoms. The number of alkyl halides is 3. The molecule has 6 nitrogen and oxygen atoms in total. The summed E-state index contributed by atoms with van der Waals surface area (Å²) in [5.41, 5.74) is 1.71. The maximum absolute atomic E-state index is 12.2. The molecule has 0 aromatic heterocycles. The van der Waals surface area contributed by atoms with Gasteiger partial charge in [0.05, 0.1) is 17.9 Å². The van der Waals surface area contributed by atoms with Crippen molar-refractivity contribution in [3.05, 3.63) is 48.5 Å². The van der Waals surface area contributed by atoms with Crippen LogP contribution in [0.4, 0.5) is 30.2 Å². The zero-order valence-corrected chi connectivity index (χ0v) is 14.8. The van der Waals surface area contributed by atoms with Crippen LogP contribution < -0.4 is 20.3 Å². The Morgan fingerprint density at radius 2 is 1.82 bits per heavy atom. The molecular weight excluding hydrogens is 375 g/mol. The lowest BCUT2D eigenvalue weighted by atomic mass is 10.2. The van der Waals surface area contributed by atoms with Crippen LogP contribution >= 0.6 is 0 Å². The van der Waals surface area contributed by atoms with Crippen molar-refractivity contribution in [3.8, 4) is 5.75 Å². The van der Waals surface area contributed by atoms with E-state index >= 15 is 0 Å². The van der Waals surface area contributed by atoms with Crippen LogP contribution in [-0.4, -0.2) is 31.3 Å².